The van der Waals surface area contributed by atoms with Crippen LogP contribution in [0.1, 0.15) is 30.9 Å². The van der Waals surface area contributed by atoms with Gasteiger partial charge in [0.1, 0.15) is 0 Å². The Bertz CT molecular complexity index is 613. The molecule has 1 saturated heterocycles. The second-order valence-corrected chi connectivity index (χ2v) is 6.78. The molecule has 0 aliphatic carbocycles. The number of benzene rings is 1. The number of amides is 1. The minimum absolute atomic E-state index is 0.00728. The van der Waals surface area contributed by atoms with Crippen LogP contribution in [0.3, 0.4) is 0 Å². The number of nitrogens with zero attached hydrogens (tertiary/aromatic N) is 2. The van der Waals surface area contributed by atoms with Crippen molar-refractivity contribution < 1.29 is 14.3 Å². The van der Waals surface area contributed by atoms with Crippen LogP contribution in [-0.4, -0.2) is 63.3 Å². The molecule has 1 heterocycles. The number of carbonyl (C=O) groups excluding carboxylic acids is 1. The first kappa shape index (κ1) is 21.2. The standard InChI is InChI=1S/C20H32N4O3/c1-4-21-20(23-14-19(25)24(2)3)22-13-16-6-5-7-17(12-16)15-27-18-8-10-26-11-9-18/h5-7,12,18H,4,8-11,13-15H2,1-3H3,(H2,21,22,23). The number of ether oxygens (including phenoxy) is 2. The quantitative estimate of drug-likeness (QED) is 0.532. The van der Waals surface area contributed by atoms with E-state index in [2.05, 4.69) is 33.8 Å². The number of rotatable bonds is 8. The minimum atomic E-state index is 0.00728. The van der Waals surface area contributed by atoms with Gasteiger partial charge in [0.2, 0.25) is 5.91 Å². The van der Waals surface area contributed by atoms with Crippen molar-refractivity contribution in [1.29, 1.82) is 0 Å². The fourth-order valence-electron chi connectivity index (χ4n) is 2.70. The molecule has 1 aliphatic rings. The summed E-state index contributed by atoms with van der Waals surface area (Å²) in [7, 11) is 3.48. The molecule has 7 nitrogen and oxygen atoms in total. The highest BCUT2D eigenvalue weighted by Crippen LogP contribution is 2.14. The van der Waals surface area contributed by atoms with E-state index in [4.69, 9.17) is 9.47 Å². The number of guanidine groups is 1. The van der Waals surface area contributed by atoms with Crippen LogP contribution in [0, 0.1) is 0 Å². The van der Waals surface area contributed by atoms with Gasteiger partial charge in [-0.05, 0) is 30.9 Å². The van der Waals surface area contributed by atoms with Crippen molar-refractivity contribution in [2.24, 2.45) is 4.99 Å². The van der Waals surface area contributed by atoms with Gasteiger partial charge in [-0.15, -0.1) is 0 Å². The van der Waals surface area contributed by atoms with Gasteiger partial charge in [-0.3, -0.25) is 4.79 Å². The highest BCUT2D eigenvalue weighted by Gasteiger charge is 2.14. The number of likely N-dealkylation sites (N-methyl/N-ethyl adjacent to an activating group) is 1. The molecule has 1 aromatic carbocycles. The SMILES string of the molecule is CCNC(=NCc1cccc(COC2CCOCC2)c1)NCC(=O)N(C)C. The summed E-state index contributed by atoms with van der Waals surface area (Å²) in [6, 6.07) is 8.28. The van der Waals surface area contributed by atoms with Gasteiger partial charge in [0.15, 0.2) is 5.96 Å². The molecule has 2 N–H and O–H groups in total. The lowest BCUT2D eigenvalue weighted by Gasteiger charge is -2.22. The van der Waals surface area contributed by atoms with Gasteiger partial charge in [0.05, 0.1) is 25.8 Å². The molecule has 7 heteroatoms. The van der Waals surface area contributed by atoms with E-state index < -0.39 is 0 Å². The molecular formula is C20H32N4O3. The molecule has 0 radical (unpaired) electrons. The summed E-state index contributed by atoms with van der Waals surface area (Å²) in [5.41, 5.74) is 2.26. The zero-order valence-corrected chi connectivity index (χ0v) is 16.7. The molecule has 0 saturated carbocycles. The predicted octanol–water partition coefficient (Wildman–Crippen LogP) is 1.53. The van der Waals surface area contributed by atoms with Crippen LogP contribution in [0.5, 0.6) is 0 Å². The molecule has 0 bridgehead atoms. The Morgan fingerprint density at radius 2 is 2.00 bits per heavy atom. The molecule has 1 fully saturated rings. The number of hydrogen-bond donors (Lipinski definition) is 2. The van der Waals surface area contributed by atoms with Crippen LogP contribution in [0.15, 0.2) is 29.3 Å². The lowest BCUT2D eigenvalue weighted by molar-refractivity contribution is -0.127. The lowest BCUT2D eigenvalue weighted by Crippen LogP contribution is -2.42. The smallest absolute Gasteiger partial charge is 0.241 e. The Morgan fingerprint density at radius 3 is 2.70 bits per heavy atom. The maximum atomic E-state index is 11.7. The molecule has 27 heavy (non-hydrogen) atoms. The van der Waals surface area contributed by atoms with Gasteiger partial charge < -0.3 is 25.0 Å². The normalized spacial score (nSPS) is 15.4. The molecule has 0 unspecified atom stereocenters. The summed E-state index contributed by atoms with van der Waals surface area (Å²) in [5.74, 6) is 0.643. The summed E-state index contributed by atoms with van der Waals surface area (Å²) in [5, 5.41) is 6.23. The van der Waals surface area contributed by atoms with E-state index in [9.17, 15) is 4.79 Å². The molecule has 1 aliphatic heterocycles. The van der Waals surface area contributed by atoms with Gasteiger partial charge in [-0.25, -0.2) is 4.99 Å². The molecule has 2 rings (SSSR count). The zero-order valence-electron chi connectivity index (χ0n) is 16.7. The van der Waals surface area contributed by atoms with E-state index in [1.165, 1.54) is 0 Å². The van der Waals surface area contributed by atoms with E-state index in [1.54, 1.807) is 19.0 Å². The highest BCUT2D eigenvalue weighted by atomic mass is 16.5. The molecule has 0 atom stereocenters. The zero-order chi connectivity index (χ0) is 19.5. The number of hydrogen-bond acceptors (Lipinski definition) is 4. The van der Waals surface area contributed by atoms with Gasteiger partial charge in [-0.2, -0.15) is 0 Å². The Labute approximate surface area is 162 Å². The molecular weight excluding hydrogens is 344 g/mol. The van der Waals surface area contributed by atoms with Crippen molar-refractivity contribution in [1.82, 2.24) is 15.5 Å². The Kier molecular flexibility index (Phi) is 9.07. The van der Waals surface area contributed by atoms with Crippen molar-refractivity contribution >= 4 is 11.9 Å². The number of carbonyl (C=O) groups is 1. The topological polar surface area (TPSA) is 75.2 Å². The van der Waals surface area contributed by atoms with Gasteiger partial charge in [0.25, 0.3) is 0 Å². The largest absolute Gasteiger partial charge is 0.381 e. The van der Waals surface area contributed by atoms with Gasteiger partial charge in [0, 0.05) is 33.9 Å². The predicted molar refractivity (Wildman–Crippen MR) is 107 cm³/mol. The average molecular weight is 377 g/mol. The number of aliphatic imine (C=N–C) groups is 1. The summed E-state index contributed by atoms with van der Waals surface area (Å²) < 4.78 is 11.4. The third-order valence-corrected chi connectivity index (χ3v) is 4.32. The average Bonchev–Trinajstić information content (AvgIpc) is 2.69. The molecule has 1 amide bonds. The Morgan fingerprint density at radius 1 is 1.26 bits per heavy atom. The van der Waals surface area contributed by atoms with Crippen LogP contribution in [-0.2, 0) is 27.4 Å². The summed E-state index contributed by atoms with van der Waals surface area (Å²) in [4.78, 5) is 17.9. The van der Waals surface area contributed by atoms with Gasteiger partial charge >= 0.3 is 0 Å². The van der Waals surface area contributed by atoms with E-state index >= 15 is 0 Å². The van der Waals surface area contributed by atoms with Crippen molar-refractivity contribution in [3.8, 4) is 0 Å². The summed E-state index contributed by atoms with van der Waals surface area (Å²) in [6.07, 6.45) is 2.22. The maximum Gasteiger partial charge on any atom is 0.241 e. The molecule has 0 aromatic heterocycles. The van der Waals surface area contributed by atoms with Crippen LogP contribution in [0.2, 0.25) is 0 Å². The van der Waals surface area contributed by atoms with Crippen LogP contribution >= 0.6 is 0 Å². The van der Waals surface area contributed by atoms with Crippen molar-refractivity contribution in [2.75, 3.05) is 40.4 Å². The monoisotopic (exact) mass is 376 g/mol. The van der Waals surface area contributed by atoms with Crippen LogP contribution < -0.4 is 10.6 Å². The molecule has 0 spiro atoms. The van der Waals surface area contributed by atoms with E-state index in [0.29, 0.717) is 25.2 Å². The second kappa shape index (κ2) is 11.6. The minimum Gasteiger partial charge on any atom is -0.381 e. The van der Waals surface area contributed by atoms with E-state index in [0.717, 1.165) is 43.7 Å². The fourth-order valence-corrected chi connectivity index (χ4v) is 2.70. The third-order valence-electron chi connectivity index (χ3n) is 4.32. The maximum absolute atomic E-state index is 11.7. The Balaban J connectivity index is 1.87. The molecule has 150 valence electrons. The second-order valence-electron chi connectivity index (χ2n) is 6.78. The highest BCUT2D eigenvalue weighted by molar-refractivity contribution is 5.86. The lowest BCUT2D eigenvalue weighted by atomic mass is 10.1. The van der Waals surface area contributed by atoms with Crippen molar-refractivity contribution in [2.45, 2.75) is 39.0 Å². The van der Waals surface area contributed by atoms with Crippen LogP contribution in [0.25, 0.3) is 0 Å². The van der Waals surface area contributed by atoms with Crippen molar-refractivity contribution in [3.63, 3.8) is 0 Å². The van der Waals surface area contributed by atoms with E-state index in [1.807, 2.05) is 13.0 Å². The fraction of sp³-hybridized carbons (Fsp3) is 0.600. The van der Waals surface area contributed by atoms with Crippen LogP contribution in [0.4, 0.5) is 0 Å². The first-order chi connectivity index (χ1) is 13.1. The molecule has 1 aromatic rings. The first-order valence-corrected chi connectivity index (χ1v) is 9.58. The number of nitrogens with one attached hydrogen (secondary N) is 2. The van der Waals surface area contributed by atoms with E-state index in [-0.39, 0.29) is 12.5 Å². The van der Waals surface area contributed by atoms with Gasteiger partial charge in [-0.1, -0.05) is 24.3 Å². The Hall–Kier alpha value is -2.12. The third kappa shape index (κ3) is 7.97. The summed E-state index contributed by atoms with van der Waals surface area (Å²) >= 11 is 0. The van der Waals surface area contributed by atoms with Crippen molar-refractivity contribution in [3.05, 3.63) is 35.4 Å². The summed E-state index contributed by atoms with van der Waals surface area (Å²) in [6.45, 7) is 5.68. The first-order valence-electron chi connectivity index (χ1n) is 9.58.